The molecule has 0 amide bonds. The maximum Gasteiger partial charge on any atom is 0.229 e. The first kappa shape index (κ1) is 17.5. The number of hydrogen-bond acceptors (Lipinski definition) is 6. The van der Waals surface area contributed by atoms with Crippen LogP contribution in [0.1, 0.15) is 31.9 Å². The Labute approximate surface area is 149 Å². The molecule has 1 saturated heterocycles. The second kappa shape index (κ2) is 8.16. The number of aromatic nitrogens is 2. The molecule has 1 aromatic carbocycles. The van der Waals surface area contributed by atoms with Gasteiger partial charge in [0.15, 0.2) is 0 Å². The Balaban J connectivity index is 1.89. The van der Waals surface area contributed by atoms with Crippen LogP contribution in [0.4, 0.5) is 23.1 Å². The number of anilines is 4. The summed E-state index contributed by atoms with van der Waals surface area (Å²) in [6.07, 6.45) is 4.29. The van der Waals surface area contributed by atoms with E-state index in [1.165, 1.54) is 6.42 Å². The Morgan fingerprint density at radius 2 is 2.20 bits per heavy atom. The molecule has 3 rings (SSSR count). The first-order valence-corrected chi connectivity index (χ1v) is 8.95. The molecule has 0 spiro atoms. The van der Waals surface area contributed by atoms with Crippen LogP contribution in [0.3, 0.4) is 0 Å². The van der Waals surface area contributed by atoms with Crippen LogP contribution < -0.4 is 16.0 Å². The number of nitrogen functional groups attached to an aromatic ring is 1. The largest absolute Gasteiger partial charge is 0.399 e. The molecule has 1 atom stereocenters. The molecule has 0 radical (unpaired) electrons. The molecule has 0 aliphatic carbocycles. The molecule has 3 N–H and O–H groups in total. The van der Waals surface area contributed by atoms with Crippen LogP contribution in [-0.2, 0) is 11.2 Å². The summed E-state index contributed by atoms with van der Waals surface area (Å²) in [5.74, 6) is 1.60. The van der Waals surface area contributed by atoms with Crippen molar-refractivity contribution < 1.29 is 4.74 Å². The molecular weight excluding hydrogens is 314 g/mol. The van der Waals surface area contributed by atoms with Gasteiger partial charge in [0.1, 0.15) is 5.82 Å². The number of ether oxygens (including phenoxy) is 1. The Bertz CT molecular complexity index is 706. The monoisotopic (exact) mass is 341 g/mol. The van der Waals surface area contributed by atoms with Crippen molar-refractivity contribution in [3.63, 3.8) is 0 Å². The second-order valence-electron chi connectivity index (χ2n) is 6.49. The van der Waals surface area contributed by atoms with Crippen LogP contribution >= 0.6 is 0 Å². The zero-order valence-corrected chi connectivity index (χ0v) is 15.0. The van der Waals surface area contributed by atoms with Crippen molar-refractivity contribution in [1.29, 1.82) is 0 Å². The fraction of sp³-hybridized carbons (Fsp3) is 0.474. The van der Waals surface area contributed by atoms with Gasteiger partial charge in [0.05, 0.1) is 12.6 Å². The van der Waals surface area contributed by atoms with E-state index in [1.54, 1.807) is 7.11 Å². The molecule has 2 heterocycles. The van der Waals surface area contributed by atoms with E-state index in [2.05, 4.69) is 28.2 Å². The van der Waals surface area contributed by atoms with E-state index in [0.29, 0.717) is 12.0 Å². The lowest BCUT2D eigenvalue weighted by Gasteiger charge is -2.26. The summed E-state index contributed by atoms with van der Waals surface area (Å²) in [4.78, 5) is 11.8. The number of nitrogens with two attached hydrogens (primary N) is 1. The molecule has 0 bridgehead atoms. The molecule has 1 aliphatic rings. The van der Waals surface area contributed by atoms with Gasteiger partial charge in [0, 0.05) is 36.8 Å². The van der Waals surface area contributed by atoms with Gasteiger partial charge < -0.3 is 20.7 Å². The molecule has 1 aromatic heterocycles. The smallest absolute Gasteiger partial charge is 0.229 e. The highest BCUT2D eigenvalue weighted by Gasteiger charge is 2.26. The number of hydrogen-bond donors (Lipinski definition) is 2. The molecule has 0 unspecified atom stereocenters. The SMILES string of the molecule is CCCc1cc(N2CCC[C@H]2COC)nc(Nc2cccc(N)c2)n1. The van der Waals surface area contributed by atoms with E-state index in [-0.39, 0.29) is 0 Å². The lowest BCUT2D eigenvalue weighted by atomic mass is 10.2. The van der Waals surface area contributed by atoms with Crippen molar-refractivity contribution in [3.05, 3.63) is 36.0 Å². The molecular formula is C19H27N5O. The number of aryl methyl sites for hydroxylation is 1. The standard InChI is InChI=1S/C19H27N5O/c1-3-6-15-12-18(24-10-5-9-17(24)13-25-2)23-19(21-15)22-16-8-4-7-14(20)11-16/h4,7-8,11-12,17H,3,5-6,9-10,13,20H2,1-2H3,(H,21,22,23)/t17-/m0/s1. The van der Waals surface area contributed by atoms with Crippen LogP contribution in [0.15, 0.2) is 30.3 Å². The van der Waals surface area contributed by atoms with Gasteiger partial charge in [-0.15, -0.1) is 0 Å². The predicted molar refractivity (Wildman–Crippen MR) is 102 cm³/mol. The Kier molecular flexibility index (Phi) is 5.71. The third-order valence-electron chi connectivity index (χ3n) is 4.45. The van der Waals surface area contributed by atoms with Crippen LogP contribution in [0, 0.1) is 0 Å². The zero-order chi connectivity index (χ0) is 17.6. The Morgan fingerprint density at radius 3 is 2.96 bits per heavy atom. The molecule has 134 valence electrons. The number of benzene rings is 1. The highest BCUT2D eigenvalue weighted by atomic mass is 16.5. The van der Waals surface area contributed by atoms with Crippen molar-refractivity contribution in [3.8, 4) is 0 Å². The van der Waals surface area contributed by atoms with Gasteiger partial charge in [-0.3, -0.25) is 0 Å². The summed E-state index contributed by atoms with van der Waals surface area (Å²) in [6, 6.07) is 10.1. The van der Waals surface area contributed by atoms with Crippen LogP contribution in [-0.4, -0.2) is 36.3 Å². The van der Waals surface area contributed by atoms with E-state index in [4.69, 9.17) is 15.5 Å². The van der Waals surface area contributed by atoms with Crippen LogP contribution in [0.25, 0.3) is 0 Å². The Morgan fingerprint density at radius 1 is 1.32 bits per heavy atom. The van der Waals surface area contributed by atoms with Gasteiger partial charge in [0.25, 0.3) is 0 Å². The molecule has 25 heavy (non-hydrogen) atoms. The molecule has 2 aromatic rings. The molecule has 6 nitrogen and oxygen atoms in total. The van der Waals surface area contributed by atoms with Gasteiger partial charge in [-0.1, -0.05) is 19.4 Å². The summed E-state index contributed by atoms with van der Waals surface area (Å²) >= 11 is 0. The van der Waals surface area contributed by atoms with Gasteiger partial charge in [-0.25, -0.2) is 4.98 Å². The lowest BCUT2D eigenvalue weighted by Crippen LogP contribution is -2.33. The van der Waals surface area contributed by atoms with Gasteiger partial charge in [-0.05, 0) is 37.5 Å². The van der Waals surface area contributed by atoms with Crippen molar-refractivity contribution in [2.75, 3.05) is 36.2 Å². The Hall–Kier alpha value is -2.34. The third kappa shape index (κ3) is 4.39. The molecule has 1 aliphatic heterocycles. The fourth-order valence-electron chi connectivity index (χ4n) is 3.32. The number of nitrogens with zero attached hydrogens (tertiary/aromatic N) is 3. The summed E-state index contributed by atoms with van der Waals surface area (Å²) < 4.78 is 5.38. The lowest BCUT2D eigenvalue weighted by molar-refractivity contribution is 0.180. The average Bonchev–Trinajstić information content (AvgIpc) is 3.04. The normalized spacial score (nSPS) is 17.0. The van der Waals surface area contributed by atoms with E-state index in [0.717, 1.165) is 55.3 Å². The van der Waals surface area contributed by atoms with Crippen LogP contribution in [0.5, 0.6) is 0 Å². The first-order chi connectivity index (χ1) is 12.2. The quantitative estimate of drug-likeness (QED) is 0.752. The third-order valence-corrected chi connectivity index (χ3v) is 4.45. The van der Waals surface area contributed by atoms with Crippen molar-refractivity contribution in [1.82, 2.24) is 9.97 Å². The van der Waals surface area contributed by atoms with Gasteiger partial charge in [-0.2, -0.15) is 4.98 Å². The fourth-order valence-corrected chi connectivity index (χ4v) is 3.32. The van der Waals surface area contributed by atoms with Crippen LogP contribution in [0.2, 0.25) is 0 Å². The van der Waals surface area contributed by atoms with Gasteiger partial charge >= 0.3 is 0 Å². The van der Waals surface area contributed by atoms with E-state index in [9.17, 15) is 0 Å². The number of methoxy groups -OCH3 is 1. The first-order valence-electron chi connectivity index (χ1n) is 8.95. The topological polar surface area (TPSA) is 76.3 Å². The summed E-state index contributed by atoms with van der Waals surface area (Å²) in [5, 5.41) is 3.29. The van der Waals surface area contributed by atoms with Crippen molar-refractivity contribution in [2.24, 2.45) is 0 Å². The van der Waals surface area contributed by atoms with Gasteiger partial charge in [0.2, 0.25) is 5.95 Å². The average molecular weight is 341 g/mol. The van der Waals surface area contributed by atoms with Crippen molar-refractivity contribution >= 4 is 23.1 Å². The summed E-state index contributed by atoms with van der Waals surface area (Å²) in [5.41, 5.74) is 8.54. The number of nitrogens with one attached hydrogen (secondary N) is 1. The molecule has 1 fully saturated rings. The van der Waals surface area contributed by atoms with E-state index in [1.807, 2.05) is 24.3 Å². The van der Waals surface area contributed by atoms with E-state index >= 15 is 0 Å². The summed E-state index contributed by atoms with van der Waals surface area (Å²) in [7, 11) is 1.76. The zero-order valence-electron chi connectivity index (χ0n) is 15.0. The second-order valence-corrected chi connectivity index (χ2v) is 6.49. The molecule has 0 saturated carbocycles. The highest BCUT2D eigenvalue weighted by molar-refractivity contribution is 5.60. The minimum Gasteiger partial charge on any atom is -0.399 e. The predicted octanol–water partition coefficient (Wildman–Crippen LogP) is 3.37. The minimum atomic E-state index is 0.384. The maximum atomic E-state index is 5.87. The minimum absolute atomic E-state index is 0.384. The number of rotatable bonds is 7. The summed E-state index contributed by atoms with van der Waals surface area (Å²) in [6.45, 7) is 3.90. The van der Waals surface area contributed by atoms with Crippen molar-refractivity contribution in [2.45, 2.75) is 38.6 Å². The molecule has 6 heteroatoms. The maximum absolute atomic E-state index is 5.87. The highest BCUT2D eigenvalue weighted by Crippen LogP contribution is 2.27. The van der Waals surface area contributed by atoms with E-state index < -0.39 is 0 Å².